The first kappa shape index (κ1) is 18.0. The molecule has 0 aliphatic carbocycles. The van der Waals surface area contributed by atoms with Crippen LogP contribution in [-0.4, -0.2) is 36.6 Å². The Morgan fingerprint density at radius 2 is 2.27 bits per heavy atom. The van der Waals surface area contributed by atoms with Gasteiger partial charge in [-0.15, -0.1) is 17.8 Å². The molecule has 1 aromatic heterocycles. The second-order valence-corrected chi connectivity index (χ2v) is 5.48. The van der Waals surface area contributed by atoms with E-state index < -0.39 is 0 Å². The molecule has 7 heteroatoms. The minimum Gasteiger partial charge on any atom is -0.462 e. The molecule has 0 aliphatic rings. The first-order valence-corrected chi connectivity index (χ1v) is 7.97. The molecule has 1 atom stereocenters. The van der Waals surface area contributed by atoms with E-state index in [0.29, 0.717) is 29.7 Å². The third kappa shape index (κ3) is 5.04. The van der Waals surface area contributed by atoms with Gasteiger partial charge in [0.15, 0.2) is 5.96 Å². The molecule has 1 rings (SSSR count). The number of rotatable bonds is 6. The van der Waals surface area contributed by atoms with E-state index in [2.05, 4.69) is 26.5 Å². The highest BCUT2D eigenvalue weighted by molar-refractivity contribution is 7.13. The summed E-state index contributed by atoms with van der Waals surface area (Å²) < 4.78 is 5.03. The molecular weight excluding hydrogens is 300 g/mol. The molecule has 0 aromatic carbocycles. The second kappa shape index (κ2) is 9.05. The number of nitrogens with one attached hydrogen (secondary N) is 2. The molecule has 0 saturated heterocycles. The molecule has 2 N–H and O–H groups in total. The van der Waals surface area contributed by atoms with Gasteiger partial charge >= 0.3 is 5.97 Å². The van der Waals surface area contributed by atoms with E-state index in [9.17, 15) is 4.79 Å². The van der Waals surface area contributed by atoms with Gasteiger partial charge < -0.3 is 15.4 Å². The van der Waals surface area contributed by atoms with Crippen molar-refractivity contribution in [1.29, 1.82) is 0 Å². The number of terminal acetylenes is 1. The van der Waals surface area contributed by atoms with Crippen LogP contribution in [0, 0.1) is 19.3 Å². The summed E-state index contributed by atoms with van der Waals surface area (Å²) in [6.45, 7) is 8.89. The molecule has 6 nitrogen and oxygen atoms in total. The zero-order valence-corrected chi connectivity index (χ0v) is 14.2. The maximum absolute atomic E-state index is 11.8. The van der Waals surface area contributed by atoms with Crippen LogP contribution in [0.4, 0.5) is 0 Å². The molecule has 1 aromatic rings. The van der Waals surface area contributed by atoms with E-state index in [1.165, 1.54) is 11.3 Å². The van der Waals surface area contributed by atoms with Crippen molar-refractivity contribution in [2.45, 2.75) is 33.7 Å². The lowest BCUT2D eigenvalue weighted by atomic mass is 10.3. The van der Waals surface area contributed by atoms with Gasteiger partial charge in [0.25, 0.3) is 0 Å². The Kier molecular flexibility index (Phi) is 7.40. The molecule has 0 aliphatic heterocycles. The number of esters is 1. The van der Waals surface area contributed by atoms with E-state index in [0.717, 1.165) is 11.6 Å². The lowest BCUT2D eigenvalue weighted by Crippen LogP contribution is -2.38. The quantitative estimate of drug-likeness (QED) is 0.362. The lowest BCUT2D eigenvalue weighted by Gasteiger charge is -2.15. The fraction of sp³-hybridized carbons (Fsp3) is 0.533. The molecule has 1 heterocycles. The van der Waals surface area contributed by atoms with E-state index in [1.54, 1.807) is 13.8 Å². The van der Waals surface area contributed by atoms with E-state index in [1.807, 2.05) is 13.8 Å². The smallest absolute Gasteiger partial charge is 0.350 e. The van der Waals surface area contributed by atoms with Gasteiger partial charge in [0.1, 0.15) is 16.4 Å². The number of nitrogens with zero attached hydrogens (tertiary/aromatic N) is 2. The Morgan fingerprint density at radius 1 is 1.55 bits per heavy atom. The maximum atomic E-state index is 11.8. The average Bonchev–Trinajstić information content (AvgIpc) is 2.87. The fourth-order valence-electron chi connectivity index (χ4n) is 1.70. The lowest BCUT2D eigenvalue weighted by molar-refractivity contribution is 0.0531. The zero-order chi connectivity index (χ0) is 16.5. The molecular formula is C15H22N4O2S. The van der Waals surface area contributed by atoms with Crippen molar-refractivity contribution >= 4 is 23.3 Å². The SMILES string of the molecule is C#CCN=C(NCC)NC(C)c1nc(C)c(C(=O)OCC)s1. The number of hydrogen-bond donors (Lipinski definition) is 2. The number of carbonyl (C=O) groups is 1. The molecule has 0 spiro atoms. The predicted octanol–water partition coefficient (Wildman–Crippen LogP) is 1.88. The maximum Gasteiger partial charge on any atom is 0.350 e. The third-order valence-electron chi connectivity index (χ3n) is 2.67. The minimum absolute atomic E-state index is 0.0950. The highest BCUT2D eigenvalue weighted by Crippen LogP contribution is 2.24. The monoisotopic (exact) mass is 322 g/mol. The van der Waals surface area contributed by atoms with Crippen LogP contribution in [-0.2, 0) is 4.74 Å². The molecule has 0 saturated carbocycles. The van der Waals surface area contributed by atoms with Gasteiger partial charge in [-0.1, -0.05) is 5.92 Å². The zero-order valence-electron chi connectivity index (χ0n) is 13.4. The fourth-order valence-corrected chi connectivity index (χ4v) is 2.66. The Hall–Kier alpha value is -2.07. The van der Waals surface area contributed by atoms with Gasteiger partial charge in [0.2, 0.25) is 0 Å². The van der Waals surface area contributed by atoms with E-state index >= 15 is 0 Å². The van der Waals surface area contributed by atoms with Gasteiger partial charge in [0.05, 0.1) is 18.3 Å². The number of carbonyl (C=O) groups excluding carboxylic acids is 1. The number of guanidine groups is 1. The van der Waals surface area contributed by atoms with Crippen molar-refractivity contribution in [2.75, 3.05) is 19.7 Å². The second-order valence-electron chi connectivity index (χ2n) is 4.45. The molecule has 22 heavy (non-hydrogen) atoms. The summed E-state index contributed by atoms with van der Waals surface area (Å²) in [5.41, 5.74) is 0.678. The van der Waals surface area contributed by atoms with Crippen molar-refractivity contribution in [3.05, 3.63) is 15.6 Å². The Labute approximate surface area is 135 Å². The highest BCUT2D eigenvalue weighted by atomic mass is 32.1. The number of aryl methyl sites for hydroxylation is 1. The van der Waals surface area contributed by atoms with Crippen LogP contribution >= 0.6 is 11.3 Å². The van der Waals surface area contributed by atoms with Crippen LogP contribution < -0.4 is 10.6 Å². The number of ether oxygens (including phenoxy) is 1. The van der Waals surface area contributed by atoms with E-state index in [4.69, 9.17) is 11.2 Å². The van der Waals surface area contributed by atoms with Crippen LogP contribution in [0.1, 0.15) is 47.2 Å². The number of hydrogen-bond acceptors (Lipinski definition) is 5. The van der Waals surface area contributed by atoms with Gasteiger partial charge in [0, 0.05) is 6.54 Å². The standard InChI is InChI=1S/C15H22N4O2S/c1-6-9-17-15(16-7-2)19-11(5)13-18-10(4)12(22-13)14(20)21-8-3/h1,11H,7-9H2,2-5H3,(H2,16,17,19). The molecule has 0 bridgehead atoms. The summed E-state index contributed by atoms with van der Waals surface area (Å²) in [5, 5.41) is 7.13. The number of aliphatic imine (C=N–C) groups is 1. The van der Waals surface area contributed by atoms with Crippen molar-refractivity contribution < 1.29 is 9.53 Å². The summed E-state index contributed by atoms with van der Waals surface area (Å²) in [6, 6.07) is -0.0950. The third-order valence-corrected chi connectivity index (χ3v) is 3.99. The molecule has 0 fully saturated rings. The van der Waals surface area contributed by atoms with Crippen molar-refractivity contribution in [3.8, 4) is 12.3 Å². The van der Waals surface area contributed by atoms with Gasteiger partial charge in [-0.05, 0) is 27.7 Å². The Balaban J connectivity index is 2.85. The minimum atomic E-state index is -0.330. The first-order chi connectivity index (χ1) is 10.5. The number of thiazole rings is 1. The predicted molar refractivity (Wildman–Crippen MR) is 89.2 cm³/mol. The summed E-state index contributed by atoms with van der Waals surface area (Å²) >= 11 is 1.33. The summed E-state index contributed by atoms with van der Waals surface area (Å²) in [6.07, 6.45) is 5.23. The Morgan fingerprint density at radius 3 is 2.86 bits per heavy atom. The first-order valence-electron chi connectivity index (χ1n) is 7.16. The van der Waals surface area contributed by atoms with E-state index in [-0.39, 0.29) is 12.0 Å². The van der Waals surface area contributed by atoms with Crippen LogP contribution in [0.5, 0.6) is 0 Å². The largest absolute Gasteiger partial charge is 0.462 e. The normalized spacial score (nSPS) is 12.4. The molecule has 120 valence electrons. The summed E-state index contributed by atoms with van der Waals surface area (Å²) in [5.74, 6) is 2.76. The molecule has 0 amide bonds. The highest BCUT2D eigenvalue weighted by Gasteiger charge is 2.19. The van der Waals surface area contributed by atoms with Crippen LogP contribution in [0.15, 0.2) is 4.99 Å². The van der Waals surface area contributed by atoms with Crippen molar-refractivity contribution in [3.63, 3.8) is 0 Å². The Bertz CT molecular complexity index is 575. The van der Waals surface area contributed by atoms with Gasteiger partial charge in [-0.3, -0.25) is 0 Å². The van der Waals surface area contributed by atoms with Crippen molar-refractivity contribution in [1.82, 2.24) is 15.6 Å². The van der Waals surface area contributed by atoms with Crippen LogP contribution in [0.25, 0.3) is 0 Å². The molecule has 1 unspecified atom stereocenters. The topological polar surface area (TPSA) is 75.6 Å². The molecule has 0 radical (unpaired) electrons. The average molecular weight is 322 g/mol. The van der Waals surface area contributed by atoms with Gasteiger partial charge in [-0.25, -0.2) is 14.8 Å². The number of aromatic nitrogens is 1. The van der Waals surface area contributed by atoms with Gasteiger partial charge in [-0.2, -0.15) is 0 Å². The van der Waals surface area contributed by atoms with Crippen LogP contribution in [0.3, 0.4) is 0 Å². The van der Waals surface area contributed by atoms with Crippen LogP contribution in [0.2, 0.25) is 0 Å². The summed E-state index contributed by atoms with van der Waals surface area (Å²) in [7, 11) is 0. The van der Waals surface area contributed by atoms with Crippen molar-refractivity contribution in [2.24, 2.45) is 4.99 Å². The summed E-state index contributed by atoms with van der Waals surface area (Å²) in [4.78, 5) is 21.0.